The Morgan fingerprint density at radius 1 is 1.26 bits per heavy atom. The van der Waals surface area contributed by atoms with Gasteiger partial charge in [-0.1, -0.05) is 6.42 Å². The van der Waals surface area contributed by atoms with E-state index < -0.39 is 11.7 Å². The number of hydrogen-bond acceptors (Lipinski definition) is 2. The van der Waals surface area contributed by atoms with Gasteiger partial charge in [0.1, 0.15) is 5.75 Å². The predicted molar refractivity (Wildman–Crippen MR) is 67.3 cm³/mol. The van der Waals surface area contributed by atoms with E-state index in [0.717, 1.165) is 31.9 Å². The van der Waals surface area contributed by atoms with Crippen LogP contribution in [0.2, 0.25) is 0 Å². The average molecular weight is 273 g/mol. The molecule has 0 radical (unpaired) electrons. The largest absolute Gasteiger partial charge is 0.497 e. The van der Waals surface area contributed by atoms with Crippen LogP contribution >= 0.6 is 0 Å². The summed E-state index contributed by atoms with van der Waals surface area (Å²) in [5, 5.41) is 3.34. The van der Waals surface area contributed by atoms with Crippen LogP contribution in [-0.4, -0.2) is 19.7 Å². The molecule has 1 unspecified atom stereocenters. The molecule has 0 spiro atoms. The van der Waals surface area contributed by atoms with Crippen LogP contribution in [0.3, 0.4) is 0 Å². The zero-order valence-corrected chi connectivity index (χ0v) is 10.9. The number of methoxy groups -OCH3 is 1. The number of alkyl halides is 3. The number of piperidine rings is 1. The summed E-state index contributed by atoms with van der Waals surface area (Å²) in [6, 6.07) is 4.21. The highest BCUT2D eigenvalue weighted by atomic mass is 19.4. The molecule has 0 saturated carbocycles. The maximum absolute atomic E-state index is 12.8. The fourth-order valence-electron chi connectivity index (χ4n) is 2.44. The lowest BCUT2D eigenvalue weighted by Crippen LogP contribution is -2.35. The molecule has 1 aromatic carbocycles. The zero-order chi connectivity index (χ0) is 13.9. The van der Waals surface area contributed by atoms with E-state index in [1.54, 1.807) is 6.07 Å². The fourth-order valence-corrected chi connectivity index (χ4v) is 2.44. The van der Waals surface area contributed by atoms with Crippen LogP contribution in [0.4, 0.5) is 13.2 Å². The van der Waals surface area contributed by atoms with Crippen LogP contribution in [0.5, 0.6) is 5.75 Å². The summed E-state index contributed by atoms with van der Waals surface area (Å²) < 4.78 is 43.3. The van der Waals surface area contributed by atoms with E-state index in [0.29, 0.717) is 12.0 Å². The molecule has 2 rings (SSSR count). The highest BCUT2D eigenvalue weighted by Crippen LogP contribution is 2.33. The Bertz CT molecular complexity index is 425. The summed E-state index contributed by atoms with van der Waals surface area (Å²) >= 11 is 0. The van der Waals surface area contributed by atoms with Crippen molar-refractivity contribution in [3.05, 3.63) is 29.3 Å². The third-order valence-electron chi connectivity index (χ3n) is 3.42. The molecule has 106 valence electrons. The first kappa shape index (κ1) is 14.2. The van der Waals surface area contributed by atoms with E-state index in [2.05, 4.69) is 5.32 Å². The van der Waals surface area contributed by atoms with Crippen molar-refractivity contribution in [3.63, 3.8) is 0 Å². The van der Waals surface area contributed by atoms with E-state index in [1.165, 1.54) is 13.2 Å². The van der Waals surface area contributed by atoms with Crippen LogP contribution < -0.4 is 10.1 Å². The summed E-state index contributed by atoms with van der Waals surface area (Å²) in [6.45, 7) is 0.945. The molecule has 5 heteroatoms. The topological polar surface area (TPSA) is 21.3 Å². The van der Waals surface area contributed by atoms with E-state index in [4.69, 9.17) is 4.74 Å². The first-order chi connectivity index (χ1) is 8.99. The SMILES string of the molecule is COc1cc(CC2CCCCN2)cc(C(F)(F)F)c1. The van der Waals surface area contributed by atoms with Crippen molar-refractivity contribution in [2.24, 2.45) is 0 Å². The highest BCUT2D eigenvalue weighted by molar-refractivity contribution is 5.36. The number of nitrogens with one attached hydrogen (secondary N) is 1. The minimum atomic E-state index is -4.33. The predicted octanol–water partition coefficient (Wildman–Crippen LogP) is 3.40. The summed E-state index contributed by atoms with van der Waals surface area (Å²) in [5.74, 6) is 0.264. The molecule has 1 atom stereocenters. The van der Waals surface area contributed by atoms with Gasteiger partial charge in [-0.15, -0.1) is 0 Å². The maximum Gasteiger partial charge on any atom is 0.416 e. The Hall–Kier alpha value is -1.23. The molecule has 0 aromatic heterocycles. The zero-order valence-electron chi connectivity index (χ0n) is 10.9. The molecule has 0 amide bonds. The number of halogens is 3. The van der Waals surface area contributed by atoms with Gasteiger partial charge >= 0.3 is 6.18 Å². The molecule has 1 saturated heterocycles. The second kappa shape index (κ2) is 5.82. The van der Waals surface area contributed by atoms with Gasteiger partial charge in [-0.25, -0.2) is 0 Å². The number of rotatable bonds is 3. The number of ether oxygens (including phenoxy) is 1. The molecule has 1 heterocycles. The Labute approximate surface area is 111 Å². The summed E-state index contributed by atoms with van der Waals surface area (Å²) in [6.07, 6.45) is -0.432. The molecule has 1 aliphatic rings. The maximum atomic E-state index is 12.8. The van der Waals surface area contributed by atoms with Crippen molar-refractivity contribution in [1.82, 2.24) is 5.32 Å². The smallest absolute Gasteiger partial charge is 0.416 e. The van der Waals surface area contributed by atoms with Gasteiger partial charge in [0.25, 0.3) is 0 Å². The van der Waals surface area contributed by atoms with Crippen molar-refractivity contribution in [2.45, 2.75) is 37.9 Å². The van der Waals surface area contributed by atoms with E-state index in [1.807, 2.05) is 0 Å². The van der Waals surface area contributed by atoms with Crippen molar-refractivity contribution >= 4 is 0 Å². The molecule has 1 aliphatic heterocycles. The van der Waals surface area contributed by atoms with Gasteiger partial charge in [-0.3, -0.25) is 0 Å². The molecular weight excluding hydrogens is 255 g/mol. The third kappa shape index (κ3) is 3.86. The van der Waals surface area contributed by atoms with Gasteiger partial charge in [0.15, 0.2) is 0 Å². The number of hydrogen-bond donors (Lipinski definition) is 1. The molecule has 1 N–H and O–H groups in total. The molecular formula is C14H18F3NO. The van der Waals surface area contributed by atoms with Crippen LogP contribution in [-0.2, 0) is 12.6 Å². The van der Waals surface area contributed by atoms with E-state index >= 15 is 0 Å². The van der Waals surface area contributed by atoms with E-state index in [9.17, 15) is 13.2 Å². The van der Waals surface area contributed by atoms with Crippen LogP contribution in [0.25, 0.3) is 0 Å². The van der Waals surface area contributed by atoms with Crippen molar-refractivity contribution in [3.8, 4) is 5.75 Å². The lowest BCUT2D eigenvalue weighted by molar-refractivity contribution is -0.137. The Kier molecular flexibility index (Phi) is 4.34. The molecule has 19 heavy (non-hydrogen) atoms. The van der Waals surface area contributed by atoms with Crippen molar-refractivity contribution < 1.29 is 17.9 Å². The number of benzene rings is 1. The second-order valence-corrected chi connectivity index (χ2v) is 4.92. The Balaban J connectivity index is 2.19. The normalized spacial score (nSPS) is 20.3. The van der Waals surface area contributed by atoms with Gasteiger partial charge in [0, 0.05) is 6.04 Å². The van der Waals surface area contributed by atoms with Gasteiger partial charge in [-0.2, -0.15) is 13.2 Å². The standard InChI is InChI=1S/C14H18F3NO/c1-19-13-8-10(6-11(9-13)14(15,16)17)7-12-4-2-3-5-18-12/h6,8-9,12,18H,2-5,7H2,1H3. The molecule has 0 aliphatic carbocycles. The lowest BCUT2D eigenvalue weighted by Gasteiger charge is -2.24. The summed E-state index contributed by atoms with van der Waals surface area (Å²) in [7, 11) is 1.39. The van der Waals surface area contributed by atoms with Gasteiger partial charge in [-0.05, 0) is 49.6 Å². The van der Waals surface area contributed by atoms with Gasteiger partial charge < -0.3 is 10.1 Å². The Morgan fingerprint density at radius 2 is 2.05 bits per heavy atom. The first-order valence-corrected chi connectivity index (χ1v) is 6.47. The fraction of sp³-hybridized carbons (Fsp3) is 0.571. The summed E-state index contributed by atoms with van der Waals surface area (Å²) in [5.41, 5.74) is 0.0312. The van der Waals surface area contributed by atoms with Crippen molar-refractivity contribution in [1.29, 1.82) is 0 Å². The third-order valence-corrected chi connectivity index (χ3v) is 3.42. The lowest BCUT2D eigenvalue weighted by atomic mass is 9.96. The minimum Gasteiger partial charge on any atom is -0.497 e. The Morgan fingerprint density at radius 3 is 2.63 bits per heavy atom. The molecule has 1 fully saturated rings. The minimum absolute atomic E-state index is 0.264. The first-order valence-electron chi connectivity index (χ1n) is 6.47. The quantitative estimate of drug-likeness (QED) is 0.911. The highest BCUT2D eigenvalue weighted by Gasteiger charge is 2.31. The molecule has 1 aromatic rings. The van der Waals surface area contributed by atoms with Crippen LogP contribution in [0.15, 0.2) is 18.2 Å². The van der Waals surface area contributed by atoms with E-state index in [-0.39, 0.29) is 11.8 Å². The summed E-state index contributed by atoms with van der Waals surface area (Å²) in [4.78, 5) is 0. The second-order valence-electron chi connectivity index (χ2n) is 4.92. The average Bonchev–Trinajstić information content (AvgIpc) is 2.38. The molecule has 2 nitrogen and oxygen atoms in total. The van der Waals surface area contributed by atoms with Crippen LogP contribution in [0.1, 0.15) is 30.4 Å². The van der Waals surface area contributed by atoms with Crippen LogP contribution in [0, 0.1) is 0 Å². The molecule has 0 bridgehead atoms. The van der Waals surface area contributed by atoms with Gasteiger partial charge in [0.2, 0.25) is 0 Å². The van der Waals surface area contributed by atoms with Crippen molar-refractivity contribution in [2.75, 3.05) is 13.7 Å². The van der Waals surface area contributed by atoms with Gasteiger partial charge in [0.05, 0.1) is 12.7 Å². The monoisotopic (exact) mass is 273 g/mol.